The number of hydrogen-bond acceptors (Lipinski definition) is 14. The summed E-state index contributed by atoms with van der Waals surface area (Å²) in [6.45, 7) is 3.45. The predicted molar refractivity (Wildman–Crippen MR) is 316 cm³/mol. The van der Waals surface area contributed by atoms with Crippen LogP contribution in [0.4, 0.5) is 0 Å². The Morgan fingerprint density at radius 1 is 0.418 bits per heavy atom. The lowest BCUT2D eigenvalue weighted by atomic mass is 9.98. The maximum absolute atomic E-state index is 13.1. The normalized spacial score (nSPS) is 24.7. The number of rotatable bonds is 49. The van der Waals surface area contributed by atoms with Gasteiger partial charge in [-0.25, -0.2) is 0 Å². The van der Waals surface area contributed by atoms with E-state index in [2.05, 4.69) is 111 Å². The van der Waals surface area contributed by atoms with Crippen LogP contribution in [0.5, 0.6) is 0 Å². The Labute approximate surface area is 477 Å². The molecule has 0 bridgehead atoms. The minimum absolute atomic E-state index is 0.0507. The van der Waals surface area contributed by atoms with Crippen LogP contribution in [0, 0.1) is 0 Å². The van der Waals surface area contributed by atoms with Gasteiger partial charge in [-0.3, -0.25) is 4.79 Å². The van der Waals surface area contributed by atoms with Crippen molar-refractivity contribution in [1.82, 2.24) is 0 Å². The summed E-state index contributed by atoms with van der Waals surface area (Å²) in [4.78, 5) is 13.1. The molecule has 2 aliphatic heterocycles. The van der Waals surface area contributed by atoms with Crippen molar-refractivity contribution >= 4 is 5.97 Å². The molecule has 2 heterocycles. The molecule has 11 unspecified atom stereocenters. The molecule has 0 amide bonds. The van der Waals surface area contributed by atoms with E-state index in [9.17, 15) is 40.5 Å². The van der Waals surface area contributed by atoms with Crippen molar-refractivity contribution in [2.45, 2.75) is 274 Å². The van der Waals surface area contributed by atoms with Crippen molar-refractivity contribution in [1.29, 1.82) is 0 Å². The van der Waals surface area contributed by atoms with Gasteiger partial charge in [0, 0.05) is 13.0 Å². The van der Waals surface area contributed by atoms with E-state index >= 15 is 0 Å². The molecule has 2 fully saturated rings. The lowest BCUT2D eigenvalue weighted by Gasteiger charge is -2.42. The third-order valence-electron chi connectivity index (χ3n) is 14.1. The Hall–Kier alpha value is -3.09. The summed E-state index contributed by atoms with van der Waals surface area (Å²) < 4.78 is 34.5. The van der Waals surface area contributed by atoms with Gasteiger partial charge in [-0.15, -0.1) is 0 Å². The average molecular weight is 1120 g/mol. The predicted octanol–water partition coefficient (Wildman–Crippen LogP) is 11.7. The minimum Gasteiger partial charge on any atom is -0.457 e. The SMILES string of the molecule is CC/C=C\C/C=C\C/C=C\C/C=C\CCCCCCCCCCCCCOCC(COC1OC(COC2OC(CO)C(O)C(O)C2O)C(O)C(O)C1O)OC(=O)CCCCCCCCCC/C=C\C/C=C\C/C=C\C/C=C\CC. The van der Waals surface area contributed by atoms with Gasteiger partial charge in [0.05, 0.1) is 26.4 Å². The number of aliphatic hydroxyl groups excluding tert-OH is 7. The molecule has 2 aliphatic rings. The van der Waals surface area contributed by atoms with Crippen LogP contribution in [0.3, 0.4) is 0 Å². The van der Waals surface area contributed by atoms with Gasteiger partial charge >= 0.3 is 5.97 Å². The lowest BCUT2D eigenvalue weighted by Crippen LogP contribution is -2.61. The highest BCUT2D eigenvalue weighted by Gasteiger charge is 2.47. The summed E-state index contributed by atoms with van der Waals surface area (Å²) in [5.41, 5.74) is 0. The Kier molecular flexibility index (Phi) is 46.1. The van der Waals surface area contributed by atoms with E-state index in [1.807, 2.05) is 0 Å². The Morgan fingerprint density at radius 3 is 1.23 bits per heavy atom. The average Bonchev–Trinajstić information content (AvgIpc) is 3.46. The molecule has 0 aromatic carbocycles. The fourth-order valence-corrected chi connectivity index (χ4v) is 9.21. The number of hydrogen-bond donors (Lipinski definition) is 7. The number of esters is 1. The van der Waals surface area contributed by atoms with Gasteiger partial charge in [-0.2, -0.15) is 0 Å². The maximum atomic E-state index is 13.1. The smallest absolute Gasteiger partial charge is 0.306 e. The van der Waals surface area contributed by atoms with Gasteiger partial charge in [0.2, 0.25) is 0 Å². The van der Waals surface area contributed by atoms with Gasteiger partial charge in [0.15, 0.2) is 12.6 Å². The highest BCUT2D eigenvalue weighted by atomic mass is 16.7. The molecule has 14 nitrogen and oxygen atoms in total. The fourth-order valence-electron chi connectivity index (χ4n) is 9.21. The first-order valence-electron chi connectivity index (χ1n) is 30.8. The molecular formula is C65H110O14. The van der Waals surface area contributed by atoms with Crippen molar-refractivity contribution in [3.8, 4) is 0 Å². The molecule has 0 spiro atoms. The third kappa shape index (κ3) is 36.9. The maximum Gasteiger partial charge on any atom is 0.306 e. The third-order valence-corrected chi connectivity index (χ3v) is 14.1. The molecule has 0 radical (unpaired) electrons. The monoisotopic (exact) mass is 1110 g/mol. The quantitative estimate of drug-likeness (QED) is 0.0172. The number of aliphatic hydroxyl groups is 7. The van der Waals surface area contributed by atoms with Gasteiger partial charge in [0.25, 0.3) is 0 Å². The molecule has 14 heteroatoms. The van der Waals surface area contributed by atoms with E-state index in [0.29, 0.717) is 13.0 Å². The lowest BCUT2D eigenvalue weighted by molar-refractivity contribution is -0.332. The Morgan fingerprint density at radius 2 is 0.785 bits per heavy atom. The molecule has 7 N–H and O–H groups in total. The molecule has 0 aromatic rings. The van der Waals surface area contributed by atoms with Crippen molar-refractivity contribution in [2.24, 2.45) is 0 Å². The standard InChI is InChI=1S/C65H110O14/c1-3-5-7-9-11-13-15-17-19-21-23-25-26-27-29-31-33-35-37-39-41-43-45-47-49-74-51-54(52-75-64-63(73)61(71)59(69)56(79-64)53-76-65-62(72)60(70)58(68)55(50-66)78-65)77-57(67)48-46-44-42-40-38-36-34-32-30-28-24-22-20-18-16-14-12-10-8-6-4-2/h5-8,11-14,17-20,23-25,28,54-56,58-66,68-73H,3-4,9-10,15-16,21-22,26-27,29-53H2,1-2H3/b7-5-,8-6-,13-11-,14-12-,19-17-,20-18-,25-23-,28-24-. The van der Waals surface area contributed by atoms with Crippen LogP contribution < -0.4 is 0 Å². The largest absolute Gasteiger partial charge is 0.457 e. The van der Waals surface area contributed by atoms with Gasteiger partial charge in [-0.1, -0.05) is 207 Å². The van der Waals surface area contributed by atoms with Crippen molar-refractivity contribution in [2.75, 3.05) is 33.0 Å². The zero-order chi connectivity index (χ0) is 57.2. The Balaban J connectivity index is 1.69. The van der Waals surface area contributed by atoms with Crippen LogP contribution in [-0.4, -0.2) is 142 Å². The molecule has 0 saturated carbocycles. The van der Waals surface area contributed by atoms with Crippen LogP contribution in [-0.2, 0) is 33.2 Å². The first-order valence-corrected chi connectivity index (χ1v) is 30.8. The fraction of sp³-hybridized carbons (Fsp3) is 0.738. The van der Waals surface area contributed by atoms with E-state index in [0.717, 1.165) is 103 Å². The van der Waals surface area contributed by atoms with E-state index in [-0.39, 0.29) is 25.6 Å². The van der Waals surface area contributed by atoms with Crippen LogP contribution in [0.2, 0.25) is 0 Å². The molecule has 2 saturated heterocycles. The molecule has 0 aliphatic carbocycles. The van der Waals surface area contributed by atoms with E-state index < -0.39 is 80.7 Å². The van der Waals surface area contributed by atoms with Gasteiger partial charge in [-0.05, 0) is 89.9 Å². The molecule has 11 atom stereocenters. The molecular weight excluding hydrogens is 1000 g/mol. The number of carbonyl (C=O) groups is 1. The van der Waals surface area contributed by atoms with Gasteiger partial charge < -0.3 is 64.2 Å². The summed E-state index contributed by atoms with van der Waals surface area (Å²) in [7, 11) is 0. The summed E-state index contributed by atoms with van der Waals surface area (Å²) in [6, 6.07) is 0. The van der Waals surface area contributed by atoms with Crippen LogP contribution >= 0.6 is 0 Å². The van der Waals surface area contributed by atoms with Crippen molar-refractivity contribution in [3.05, 3.63) is 97.2 Å². The van der Waals surface area contributed by atoms with E-state index in [1.54, 1.807) is 0 Å². The second-order valence-corrected chi connectivity index (χ2v) is 21.1. The zero-order valence-corrected chi connectivity index (χ0v) is 48.8. The molecule has 454 valence electrons. The first-order chi connectivity index (χ1) is 38.6. The summed E-state index contributed by atoms with van der Waals surface area (Å²) >= 11 is 0. The molecule has 79 heavy (non-hydrogen) atoms. The van der Waals surface area contributed by atoms with E-state index in [4.69, 9.17) is 28.4 Å². The highest BCUT2D eigenvalue weighted by Crippen LogP contribution is 2.27. The van der Waals surface area contributed by atoms with Crippen LogP contribution in [0.1, 0.15) is 206 Å². The highest BCUT2D eigenvalue weighted by molar-refractivity contribution is 5.69. The minimum atomic E-state index is -1.71. The van der Waals surface area contributed by atoms with Gasteiger partial charge in [0.1, 0.15) is 54.9 Å². The van der Waals surface area contributed by atoms with Crippen molar-refractivity contribution in [3.63, 3.8) is 0 Å². The second-order valence-electron chi connectivity index (χ2n) is 21.1. The van der Waals surface area contributed by atoms with Crippen LogP contribution in [0.15, 0.2) is 97.2 Å². The number of unbranched alkanes of at least 4 members (excludes halogenated alkanes) is 19. The molecule has 0 aromatic heterocycles. The van der Waals surface area contributed by atoms with Crippen molar-refractivity contribution < 1.29 is 69.0 Å². The summed E-state index contributed by atoms with van der Waals surface area (Å²) in [5, 5.41) is 72.5. The number of ether oxygens (including phenoxy) is 6. The van der Waals surface area contributed by atoms with Crippen LogP contribution in [0.25, 0.3) is 0 Å². The van der Waals surface area contributed by atoms with E-state index in [1.165, 1.54) is 77.0 Å². The Bertz CT molecular complexity index is 1670. The second kappa shape index (κ2) is 50.6. The number of carbonyl (C=O) groups excluding carboxylic acids is 1. The zero-order valence-electron chi connectivity index (χ0n) is 48.8. The summed E-state index contributed by atoms with van der Waals surface area (Å²) in [6.07, 6.45) is 51.7. The summed E-state index contributed by atoms with van der Waals surface area (Å²) in [5.74, 6) is -0.388. The first kappa shape index (κ1) is 72.0. The topological polar surface area (TPSA) is 214 Å². The number of allylic oxidation sites excluding steroid dienone is 16. The molecule has 2 rings (SSSR count).